The second kappa shape index (κ2) is 5.06. The van der Waals surface area contributed by atoms with Crippen molar-refractivity contribution in [3.63, 3.8) is 0 Å². The molecule has 6 heteroatoms. The molecule has 0 radical (unpaired) electrons. The second-order valence-corrected chi connectivity index (χ2v) is 6.90. The van der Waals surface area contributed by atoms with Gasteiger partial charge < -0.3 is 9.47 Å². The van der Waals surface area contributed by atoms with Crippen LogP contribution < -0.4 is 0 Å². The van der Waals surface area contributed by atoms with E-state index in [-0.39, 0.29) is 5.90 Å². The van der Waals surface area contributed by atoms with E-state index in [0.29, 0.717) is 18.4 Å². The molecule has 0 unspecified atom stereocenters. The van der Waals surface area contributed by atoms with E-state index in [2.05, 4.69) is 18.2 Å². The van der Waals surface area contributed by atoms with Gasteiger partial charge in [-0.3, -0.25) is 5.41 Å². The quantitative estimate of drug-likeness (QED) is 0.848. The number of nitrogens with zero attached hydrogens (tertiary/aromatic N) is 3. The highest BCUT2D eigenvalue weighted by Crippen LogP contribution is 2.69. The van der Waals surface area contributed by atoms with Crippen molar-refractivity contribution in [1.29, 1.82) is 21.2 Å². The zero-order valence-corrected chi connectivity index (χ0v) is 13.5. The van der Waals surface area contributed by atoms with E-state index < -0.39 is 28.6 Å². The van der Waals surface area contributed by atoms with Crippen molar-refractivity contribution in [1.82, 2.24) is 0 Å². The van der Waals surface area contributed by atoms with Crippen LogP contribution in [0.25, 0.3) is 0 Å². The molecule has 1 aromatic rings. The van der Waals surface area contributed by atoms with Crippen LogP contribution in [0, 0.1) is 56.2 Å². The standard InChI is InChI=1S/C19H16N4O2/c20-10-17(11-21)14-8-4-5-9-19(14)24-15(13-6-2-1-3-7-13)18(17,12-22)16(23)25-19/h1-3,6-7,14-15,23H,4-5,8-9H2/t14-,15-,18+,19-/m1/s1. The molecule has 4 aliphatic rings. The number of ether oxygens (including phenoxy) is 2. The molecule has 1 spiro atoms. The third-order valence-corrected chi connectivity index (χ3v) is 5.92. The highest BCUT2D eigenvalue weighted by atomic mass is 16.7. The van der Waals surface area contributed by atoms with Crippen LogP contribution in [-0.4, -0.2) is 11.7 Å². The lowest BCUT2D eigenvalue weighted by atomic mass is 9.48. The Morgan fingerprint density at radius 3 is 2.40 bits per heavy atom. The van der Waals surface area contributed by atoms with Gasteiger partial charge in [0.1, 0.15) is 6.10 Å². The maximum Gasteiger partial charge on any atom is 0.218 e. The Balaban J connectivity index is 2.02. The number of hydrogen-bond acceptors (Lipinski definition) is 6. The molecule has 1 saturated carbocycles. The molecular formula is C19H16N4O2. The van der Waals surface area contributed by atoms with E-state index in [4.69, 9.17) is 14.9 Å². The normalized spacial score (nSPS) is 37.7. The molecule has 4 fully saturated rings. The summed E-state index contributed by atoms with van der Waals surface area (Å²) in [6.45, 7) is 0. The minimum Gasteiger partial charge on any atom is -0.447 e. The summed E-state index contributed by atoms with van der Waals surface area (Å²) in [5.41, 5.74) is -2.77. The second-order valence-electron chi connectivity index (χ2n) is 6.90. The summed E-state index contributed by atoms with van der Waals surface area (Å²) >= 11 is 0. The molecule has 25 heavy (non-hydrogen) atoms. The lowest BCUT2D eigenvalue weighted by Crippen LogP contribution is -2.73. The molecule has 1 aromatic carbocycles. The average molecular weight is 332 g/mol. The summed E-state index contributed by atoms with van der Waals surface area (Å²) in [5, 5.41) is 38.7. The fourth-order valence-electron chi connectivity index (χ4n) is 4.77. The van der Waals surface area contributed by atoms with Crippen molar-refractivity contribution >= 4 is 5.90 Å². The Hall–Kier alpha value is -2.88. The van der Waals surface area contributed by atoms with Crippen molar-refractivity contribution in [2.24, 2.45) is 16.7 Å². The van der Waals surface area contributed by atoms with E-state index >= 15 is 0 Å². The number of nitrogens with one attached hydrogen (secondary N) is 1. The van der Waals surface area contributed by atoms with Gasteiger partial charge in [0.05, 0.1) is 24.1 Å². The molecular weight excluding hydrogens is 316 g/mol. The largest absolute Gasteiger partial charge is 0.447 e. The van der Waals surface area contributed by atoms with Crippen molar-refractivity contribution in [3.8, 4) is 18.2 Å². The van der Waals surface area contributed by atoms with Crippen molar-refractivity contribution in [2.45, 2.75) is 37.6 Å². The SMILES string of the molecule is N#CC1(C#N)[C@H]2CCCC[C@@]23OC(=N)[C@]1(C#N)[C@@H](c1ccccc1)O3. The number of rotatable bonds is 1. The van der Waals surface area contributed by atoms with Gasteiger partial charge in [-0.2, -0.15) is 15.8 Å². The lowest BCUT2D eigenvalue weighted by Gasteiger charge is -2.63. The third kappa shape index (κ3) is 1.62. The lowest BCUT2D eigenvalue weighted by molar-refractivity contribution is -0.360. The summed E-state index contributed by atoms with van der Waals surface area (Å²) < 4.78 is 12.1. The minimum absolute atomic E-state index is 0.323. The topological polar surface area (TPSA) is 114 Å². The Bertz CT molecular complexity index is 848. The van der Waals surface area contributed by atoms with E-state index in [1.54, 1.807) is 12.1 Å². The fourth-order valence-corrected chi connectivity index (χ4v) is 4.77. The molecule has 2 bridgehead atoms. The first-order chi connectivity index (χ1) is 12.1. The van der Waals surface area contributed by atoms with E-state index in [9.17, 15) is 15.8 Å². The molecule has 3 heterocycles. The summed E-state index contributed by atoms with van der Waals surface area (Å²) in [5.74, 6) is -2.05. The van der Waals surface area contributed by atoms with Gasteiger partial charge in [-0.25, -0.2) is 0 Å². The molecule has 124 valence electrons. The summed E-state index contributed by atoms with van der Waals surface area (Å²) in [6, 6.07) is 15.4. The molecule has 6 nitrogen and oxygen atoms in total. The monoisotopic (exact) mass is 332 g/mol. The first-order valence-corrected chi connectivity index (χ1v) is 8.35. The molecule has 0 aromatic heterocycles. The maximum absolute atomic E-state index is 10.1. The van der Waals surface area contributed by atoms with Gasteiger partial charge in [-0.15, -0.1) is 0 Å². The number of nitriles is 3. The molecule has 4 atom stereocenters. The predicted octanol–water partition coefficient (Wildman–Crippen LogP) is 3.20. The van der Waals surface area contributed by atoms with Gasteiger partial charge in [0.15, 0.2) is 10.8 Å². The summed E-state index contributed by atoms with van der Waals surface area (Å²) in [4.78, 5) is 0. The van der Waals surface area contributed by atoms with E-state index in [1.807, 2.05) is 18.2 Å². The maximum atomic E-state index is 10.1. The van der Waals surface area contributed by atoms with Crippen molar-refractivity contribution in [3.05, 3.63) is 35.9 Å². The Labute approximate surface area is 145 Å². The molecule has 0 amide bonds. The van der Waals surface area contributed by atoms with Gasteiger partial charge in [-0.05, 0) is 18.4 Å². The summed E-state index contributed by atoms with van der Waals surface area (Å²) in [6.07, 6.45) is 1.87. The van der Waals surface area contributed by atoms with Gasteiger partial charge in [-0.1, -0.05) is 36.8 Å². The zero-order valence-electron chi connectivity index (χ0n) is 13.5. The van der Waals surface area contributed by atoms with Crippen molar-refractivity contribution in [2.75, 3.05) is 0 Å². The fraction of sp³-hybridized carbons (Fsp3) is 0.474. The highest BCUT2D eigenvalue weighted by Gasteiger charge is 2.80. The number of benzene rings is 1. The van der Waals surface area contributed by atoms with Crippen LogP contribution in [0.1, 0.15) is 37.4 Å². The van der Waals surface area contributed by atoms with E-state index in [1.165, 1.54) is 0 Å². The van der Waals surface area contributed by atoms with Crippen molar-refractivity contribution < 1.29 is 9.47 Å². The third-order valence-electron chi connectivity index (χ3n) is 5.92. The van der Waals surface area contributed by atoms with Crippen LogP contribution in [0.4, 0.5) is 0 Å². The first-order valence-electron chi connectivity index (χ1n) is 8.35. The Morgan fingerprint density at radius 2 is 1.76 bits per heavy atom. The average Bonchev–Trinajstić information content (AvgIpc) is 2.66. The highest BCUT2D eigenvalue weighted by molar-refractivity contribution is 5.89. The van der Waals surface area contributed by atoms with Crippen LogP contribution in [0.15, 0.2) is 30.3 Å². The molecule has 3 aliphatic heterocycles. The smallest absolute Gasteiger partial charge is 0.218 e. The Morgan fingerprint density at radius 1 is 1.04 bits per heavy atom. The minimum atomic E-state index is -1.78. The summed E-state index contributed by atoms with van der Waals surface area (Å²) in [7, 11) is 0. The number of hydrogen-bond donors (Lipinski definition) is 1. The van der Waals surface area contributed by atoms with Crippen LogP contribution in [0.5, 0.6) is 0 Å². The van der Waals surface area contributed by atoms with Gasteiger partial charge >= 0.3 is 0 Å². The Kier molecular flexibility index (Phi) is 3.16. The molecule has 1 aliphatic carbocycles. The molecule has 3 saturated heterocycles. The number of fused-ring (bicyclic) bond motifs is 2. The van der Waals surface area contributed by atoms with Gasteiger partial charge in [0.2, 0.25) is 11.7 Å². The van der Waals surface area contributed by atoms with Gasteiger partial charge in [0, 0.05) is 6.42 Å². The molecule has 1 N–H and O–H groups in total. The van der Waals surface area contributed by atoms with Crippen LogP contribution in [0.3, 0.4) is 0 Å². The van der Waals surface area contributed by atoms with Gasteiger partial charge in [0.25, 0.3) is 0 Å². The predicted molar refractivity (Wildman–Crippen MR) is 85.5 cm³/mol. The van der Waals surface area contributed by atoms with E-state index in [0.717, 1.165) is 12.8 Å². The molecule has 5 rings (SSSR count). The van der Waals surface area contributed by atoms with Crippen LogP contribution >= 0.6 is 0 Å². The van der Waals surface area contributed by atoms with Crippen LogP contribution in [-0.2, 0) is 9.47 Å². The van der Waals surface area contributed by atoms with Crippen LogP contribution in [0.2, 0.25) is 0 Å². The first kappa shape index (κ1) is 15.6. The zero-order chi connectivity index (χ0) is 17.7.